The molecule has 42 heavy (non-hydrogen) atoms. The van der Waals surface area contributed by atoms with Crippen molar-refractivity contribution in [3.8, 4) is 17.0 Å². The second-order valence-electron chi connectivity index (χ2n) is 9.82. The van der Waals surface area contributed by atoms with Crippen LogP contribution in [-0.2, 0) is 22.1 Å². The molecule has 0 saturated carbocycles. The molecule has 0 aliphatic rings. The first kappa shape index (κ1) is 28.7. The second-order valence-corrected chi connectivity index (χ2v) is 9.82. The molecule has 5 nitrogen and oxygen atoms in total. The minimum Gasteiger partial charge on any atom is -0.482 e. The van der Waals surface area contributed by atoms with E-state index in [0.717, 1.165) is 34.2 Å². The van der Waals surface area contributed by atoms with Gasteiger partial charge in [0.05, 0.1) is 23.4 Å². The van der Waals surface area contributed by atoms with Gasteiger partial charge in [-0.15, -0.1) is 0 Å². The smallest absolute Gasteiger partial charge is 0.416 e. The largest absolute Gasteiger partial charge is 0.482 e. The maximum Gasteiger partial charge on any atom is 0.416 e. The van der Waals surface area contributed by atoms with Gasteiger partial charge in [0.25, 0.3) is 5.91 Å². The maximum atomic E-state index is 14.0. The lowest BCUT2D eigenvalue weighted by atomic mass is 10.0. The van der Waals surface area contributed by atoms with Crippen LogP contribution >= 0.6 is 0 Å². The summed E-state index contributed by atoms with van der Waals surface area (Å²) in [6.45, 7) is 3.56. The van der Waals surface area contributed by atoms with Gasteiger partial charge in [0.1, 0.15) is 5.75 Å². The van der Waals surface area contributed by atoms with Gasteiger partial charge in [-0.3, -0.25) is 9.36 Å². The molecule has 214 valence electrons. The molecule has 1 heterocycles. The van der Waals surface area contributed by atoms with E-state index in [1.807, 2.05) is 55.5 Å². The minimum absolute atomic E-state index is 0.245. The average Bonchev–Trinajstić information content (AvgIpc) is 3.27. The SMILES string of the molecule is CCOC(=O)COc1ccc(C(=O)n2c(-c3ccc(C(F)(F)F)cc3)c(C)c3cc(Cc4ccccc4)ccc32)cc1. The summed E-state index contributed by atoms with van der Waals surface area (Å²) >= 11 is 0. The predicted molar refractivity (Wildman–Crippen MR) is 155 cm³/mol. The monoisotopic (exact) mass is 571 g/mol. The lowest BCUT2D eigenvalue weighted by Crippen LogP contribution is -2.15. The number of hydrogen-bond acceptors (Lipinski definition) is 4. The second kappa shape index (κ2) is 11.9. The van der Waals surface area contributed by atoms with Crippen molar-refractivity contribution in [1.82, 2.24) is 4.57 Å². The van der Waals surface area contributed by atoms with Crippen molar-refractivity contribution in [2.24, 2.45) is 0 Å². The molecule has 0 amide bonds. The van der Waals surface area contributed by atoms with Gasteiger partial charge in [0, 0.05) is 10.9 Å². The molecular formula is C34H28F3NO4. The average molecular weight is 572 g/mol. The van der Waals surface area contributed by atoms with Gasteiger partial charge in [-0.05, 0) is 91.1 Å². The standard InChI is InChI=1S/C34H28F3NO4/c1-3-41-31(39)21-42-28-16-12-26(13-17-28)33(40)38-30-18-9-24(19-23-7-5-4-6-8-23)20-29(30)22(2)32(38)25-10-14-27(15-11-25)34(35,36)37/h4-18,20H,3,19,21H2,1-2H3. The van der Waals surface area contributed by atoms with Crippen molar-refractivity contribution in [2.75, 3.05) is 13.2 Å². The van der Waals surface area contributed by atoms with Crippen LogP contribution in [0.25, 0.3) is 22.2 Å². The van der Waals surface area contributed by atoms with Gasteiger partial charge in [-0.25, -0.2) is 4.79 Å². The van der Waals surface area contributed by atoms with Crippen LogP contribution in [0.15, 0.2) is 97.1 Å². The highest BCUT2D eigenvalue weighted by molar-refractivity contribution is 6.07. The molecule has 0 bridgehead atoms. The van der Waals surface area contributed by atoms with Crippen LogP contribution in [0.3, 0.4) is 0 Å². The van der Waals surface area contributed by atoms with Gasteiger partial charge in [-0.2, -0.15) is 13.2 Å². The van der Waals surface area contributed by atoms with Crippen LogP contribution in [0, 0.1) is 6.92 Å². The van der Waals surface area contributed by atoms with E-state index in [1.54, 1.807) is 35.8 Å². The Labute approximate surface area is 241 Å². The number of benzene rings is 4. The number of aromatic nitrogens is 1. The fourth-order valence-corrected chi connectivity index (χ4v) is 4.98. The van der Waals surface area contributed by atoms with Crippen molar-refractivity contribution in [1.29, 1.82) is 0 Å². The van der Waals surface area contributed by atoms with Crippen LogP contribution in [-0.4, -0.2) is 29.7 Å². The van der Waals surface area contributed by atoms with Crippen LogP contribution in [0.5, 0.6) is 5.75 Å². The summed E-state index contributed by atoms with van der Waals surface area (Å²) in [5.41, 5.74) is 4.20. The van der Waals surface area contributed by atoms with E-state index in [4.69, 9.17) is 9.47 Å². The predicted octanol–water partition coefficient (Wildman–Crippen LogP) is 7.86. The lowest BCUT2D eigenvalue weighted by Gasteiger charge is -2.13. The fraction of sp³-hybridized carbons (Fsp3) is 0.176. The normalized spacial score (nSPS) is 11.5. The van der Waals surface area contributed by atoms with Crippen LogP contribution < -0.4 is 4.74 Å². The van der Waals surface area contributed by atoms with Crippen molar-refractivity contribution in [2.45, 2.75) is 26.4 Å². The molecule has 0 aliphatic heterocycles. The molecule has 5 aromatic rings. The molecule has 0 aliphatic carbocycles. The summed E-state index contributed by atoms with van der Waals surface area (Å²) in [6, 6.07) is 27.0. The number of ether oxygens (including phenoxy) is 2. The first-order chi connectivity index (χ1) is 20.2. The van der Waals surface area contributed by atoms with Crippen LogP contribution in [0.1, 0.15) is 39.5 Å². The number of esters is 1. The zero-order chi connectivity index (χ0) is 29.9. The third kappa shape index (κ3) is 6.07. The highest BCUT2D eigenvalue weighted by Crippen LogP contribution is 2.37. The Hall–Kier alpha value is -4.85. The molecule has 5 rings (SSSR count). The number of aryl methyl sites for hydroxylation is 1. The van der Waals surface area contributed by atoms with Crippen LogP contribution in [0.4, 0.5) is 13.2 Å². The number of carbonyl (C=O) groups is 2. The molecule has 0 saturated heterocycles. The molecule has 0 spiro atoms. The molecule has 0 unspecified atom stereocenters. The molecule has 0 fully saturated rings. The number of carbonyl (C=O) groups excluding carboxylic acids is 2. The third-order valence-corrected chi connectivity index (χ3v) is 6.99. The van der Waals surface area contributed by atoms with E-state index < -0.39 is 17.7 Å². The van der Waals surface area contributed by atoms with Gasteiger partial charge >= 0.3 is 12.1 Å². The number of nitrogens with zero attached hydrogens (tertiary/aromatic N) is 1. The Morgan fingerprint density at radius 1 is 0.833 bits per heavy atom. The molecular weight excluding hydrogens is 543 g/mol. The van der Waals surface area contributed by atoms with E-state index in [9.17, 15) is 22.8 Å². The quantitative estimate of drug-likeness (QED) is 0.178. The van der Waals surface area contributed by atoms with Gasteiger partial charge in [0.15, 0.2) is 6.61 Å². The van der Waals surface area contributed by atoms with E-state index in [2.05, 4.69) is 0 Å². The summed E-state index contributed by atoms with van der Waals surface area (Å²) in [5.74, 6) is -0.461. The summed E-state index contributed by atoms with van der Waals surface area (Å²) < 4.78 is 51.7. The van der Waals surface area contributed by atoms with Crippen molar-refractivity contribution in [3.63, 3.8) is 0 Å². The molecule has 0 N–H and O–H groups in total. The number of alkyl halides is 3. The summed E-state index contributed by atoms with van der Waals surface area (Å²) in [6.07, 6.45) is -3.78. The van der Waals surface area contributed by atoms with Crippen molar-refractivity contribution in [3.05, 3.63) is 125 Å². The molecule has 0 radical (unpaired) electrons. The summed E-state index contributed by atoms with van der Waals surface area (Å²) in [7, 11) is 0. The van der Waals surface area contributed by atoms with E-state index in [0.29, 0.717) is 34.5 Å². The number of fused-ring (bicyclic) bond motifs is 1. The Morgan fingerprint density at radius 3 is 2.17 bits per heavy atom. The molecule has 1 aromatic heterocycles. The number of hydrogen-bond donors (Lipinski definition) is 0. The Balaban J connectivity index is 1.56. The Bertz CT molecular complexity index is 1720. The number of halogens is 3. The van der Waals surface area contributed by atoms with Gasteiger partial charge in [-0.1, -0.05) is 48.5 Å². The van der Waals surface area contributed by atoms with Crippen LogP contribution in [0.2, 0.25) is 0 Å². The first-order valence-electron chi connectivity index (χ1n) is 13.4. The summed E-state index contributed by atoms with van der Waals surface area (Å²) in [5, 5.41) is 0.834. The molecule has 8 heteroatoms. The summed E-state index contributed by atoms with van der Waals surface area (Å²) in [4.78, 5) is 25.6. The van der Waals surface area contributed by atoms with Crippen molar-refractivity contribution < 1.29 is 32.2 Å². The molecule has 4 aromatic carbocycles. The maximum absolute atomic E-state index is 14.0. The Kier molecular flexibility index (Phi) is 8.15. The van der Waals surface area contributed by atoms with Crippen molar-refractivity contribution >= 4 is 22.8 Å². The van der Waals surface area contributed by atoms with E-state index in [-0.39, 0.29) is 19.1 Å². The van der Waals surface area contributed by atoms with Gasteiger partial charge in [0.2, 0.25) is 0 Å². The van der Waals surface area contributed by atoms with E-state index in [1.165, 1.54) is 12.1 Å². The highest BCUT2D eigenvalue weighted by atomic mass is 19.4. The fourth-order valence-electron chi connectivity index (χ4n) is 4.98. The van der Waals surface area contributed by atoms with E-state index >= 15 is 0 Å². The minimum atomic E-state index is -4.47. The zero-order valence-electron chi connectivity index (χ0n) is 23.1. The lowest BCUT2D eigenvalue weighted by molar-refractivity contribution is -0.145. The zero-order valence-corrected chi connectivity index (χ0v) is 23.1. The highest BCUT2D eigenvalue weighted by Gasteiger charge is 2.30. The topological polar surface area (TPSA) is 57.5 Å². The van der Waals surface area contributed by atoms with Gasteiger partial charge < -0.3 is 9.47 Å². The first-order valence-corrected chi connectivity index (χ1v) is 13.4. The Morgan fingerprint density at radius 2 is 1.52 bits per heavy atom. The third-order valence-electron chi connectivity index (χ3n) is 6.99. The number of rotatable bonds is 8. The molecule has 0 atom stereocenters.